The van der Waals surface area contributed by atoms with Crippen molar-refractivity contribution < 1.29 is 14.6 Å². The molecule has 0 radical (unpaired) electrons. The highest BCUT2D eigenvalue weighted by molar-refractivity contribution is 5.74. The summed E-state index contributed by atoms with van der Waals surface area (Å²) in [6.07, 6.45) is 7.65. The van der Waals surface area contributed by atoms with Crippen LogP contribution in [0.5, 0.6) is 0 Å². The molecule has 1 fully saturated rings. The van der Waals surface area contributed by atoms with E-state index in [2.05, 4.69) is 0 Å². The van der Waals surface area contributed by atoms with Crippen LogP contribution in [0.2, 0.25) is 0 Å². The number of ether oxygens (including phenoxy) is 1. The second-order valence-electron chi connectivity index (χ2n) is 4.78. The minimum Gasteiger partial charge on any atom is -0.464 e. The molecule has 0 amide bonds. The summed E-state index contributed by atoms with van der Waals surface area (Å²) < 4.78 is 5.00. The Morgan fingerprint density at radius 2 is 2.06 bits per heavy atom. The van der Waals surface area contributed by atoms with Gasteiger partial charge in [-0.05, 0) is 18.8 Å². The number of hydrogen-bond donors (Lipinski definition) is 1. The fourth-order valence-electron chi connectivity index (χ4n) is 2.25. The summed E-state index contributed by atoms with van der Waals surface area (Å²) in [4.78, 5) is 11.4. The van der Waals surface area contributed by atoms with Gasteiger partial charge < -0.3 is 9.84 Å². The van der Waals surface area contributed by atoms with Crippen LogP contribution in [0.4, 0.5) is 0 Å². The second-order valence-corrected chi connectivity index (χ2v) is 4.78. The molecule has 0 aromatic rings. The molecule has 1 aliphatic rings. The van der Waals surface area contributed by atoms with Gasteiger partial charge in [-0.25, -0.2) is 4.79 Å². The van der Waals surface area contributed by atoms with Crippen LogP contribution in [0.15, 0.2) is 0 Å². The third-order valence-electron chi connectivity index (χ3n) is 3.30. The molecular formula is C13H24O3. The second kappa shape index (κ2) is 7.66. The molecule has 1 N–H and O–H groups in total. The van der Waals surface area contributed by atoms with E-state index in [1.165, 1.54) is 19.3 Å². The summed E-state index contributed by atoms with van der Waals surface area (Å²) in [5, 5.41) is 9.69. The molecule has 0 aromatic carbocycles. The predicted octanol–water partition coefficient (Wildman–Crippen LogP) is 2.66. The highest BCUT2D eigenvalue weighted by Crippen LogP contribution is 2.27. The third-order valence-corrected chi connectivity index (χ3v) is 3.30. The maximum absolute atomic E-state index is 11.4. The Morgan fingerprint density at radius 3 is 2.69 bits per heavy atom. The lowest BCUT2D eigenvalue weighted by Crippen LogP contribution is -2.27. The fraction of sp³-hybridized carbons (Fsp3) is 0.923. The molecule has 1 rings (SSSR count). The van der Waals surface area contributed by atoms with Crippen molar-refractivity contribution in [3.63, 3.8) is 0 Å². The van der Waals surface area contributed by atoms with Crippen molar-refractivity contribution in [1.29, 1.82) is 0 Å². The molecule has 94 valence electrons. The molecule has 16 heavy (non-hydrogen) atoms. The molecule has 1 aliphatic carbocycles. The van der Waals surface area contributed by atoms with Gasteiger partial charge >= 0.3 is 5.97 Å². The average Bonchev–Trinajstić information content (AvgIpc) is 2.30. The zero-order chi connectivity index (χ0) is 11.8. The number of unbranched alkanes of at least 4 members (excludes halogenated alkanes) is 1. The van der Waals surface area contributed by atoms with Gasteiger partial charge in [-0.1, -0.05) is 45.4 Å². The first-order chi connectivity index (χ1) is 7.74. The SMILES string of the molecule is CCCCOC(=O)[C@H](O)CC1CCCCC1. The molecule has 0 aliphatic heterocycles. The molecule has 0 spiro atoms. The number of rotatable bonds is 6. The molecule has 0 saturated heterocycles. The van der Waals surface area contributed by atoms with Gasteiger partial charge in [0.05, 0.1) is 6.61 Å². The summed E-state index contributed by atoms with van der Waals surface area (Å²) in [5.74, 6) is 0.0847. The molecule has 1 atom stereocenters. The van der Waals surface area contributed by atoms with Crippen molar-refractivity contribution in [2.45, 2.75) is 64.4 Å². The summed E-state index contributed by atoms with van der Waals surface area (Å²) in [6.45, 7) is 2.49. The summed E-state index contributed by atoms with van der Waals surface area (Å²) in [5.41, 5.74) is 0. The van der Waals surface area contributed by atoms with Crippen LogP contribution < -0.4 is 0 Å². The molecule has 0 heterocycles. The average molecular weight is 228 g/mol. The minimum absolute atomic E-state index is 0.431. The van der Waals surface area contributed by atoms with Crippen molar-refractivity contribution >= 4 is 5.97 Å². The highest BCUT2D eigenvalue weighted by Gasteiger charge is 2.23. The van der Waals surface area contributed by atoms with Gasteiger partial charge in [0.2, 0.25) is 0 Å². The molecule has 3 heteroatoms. The maximum Gasteiger partial charge on any atom is 0.334 e. The Kier molecular flexibility index (Phi) is 6.46. The van der Waals surface area contributed by atoms with E-state index in [0.29, 0.717) is 18.9 Å². The molecule has 0 unspecified atom stereocenters. The lowest BCUT2D eigenvalue weighted by Gasteiger charge is -2.23. The molecular weight excluding hydrogens is 204 g/mol. The van der Waals surface area contributed by atoms with E-state index in [1.807, 2.05) is 6.92 Å². The third kappa shape index (κ3) is 4.97. The topological polar surface area (TPSA) is 46.5 Å². The van der Waals surface area contributed by atoms with Crippen LogP contribution in [0.3, 0.4) is 0 Å². The number of carbonyl (C=O) groups is 1. The van der Waals surface area contributed by atoms with Crippen LogP contribution in [-0.2, 0) is 9.53 Å². The van der Waals surface area contributed by atoms with Gasteiger partial charge in [-0.15, -0.1) is 0 Å². The fourth-order valence-corrected chi connectivity index (χ4v) is 2.25. The van der Waals surface area contributed by atoms with E-state index < -0.39 is 12.1 Å². The first kappa shape index (κ1) is 13.5. The van der Waals surface area contributed by atoms with Gasteiger partial charge in [0.15, 0.2) is 6.10 Å². The Bertz CT molecular complexity index is 197. The van der Waals surface area contributed by atoms with E-state index in [1.54, 1.807) is 0 Å². The van der Waals surface area contributed by atoms with E-state index >= 15 is 0 Å². The van der Waals surface area contributed by atoms with E-state index in [-0.39, 0.29) is 0 Å². The van der Waals surface area contributed by atoms with Gasteiger partial charge in [0.25, 0.3) is 0 Å². The van der Waals surface area contributed by atoms with E-state index in [0.717, 1.165) is 25.7 Å². The minimum atomic E-state index is -0.903. The molecule has 3 nitrogen and oxygen atoms in total. The van der Waals surface area contributed by atoms with Gasteiger partial charge in [-0.2, -0.15) is 0 Å². The number of esters is 1. The van der Waals surface area contributed by atoms with Crippen LogP contribution in [0.25, 0.3) is 0 Å². The standard InChI is InChI=1S/C13H24O3/c1-2-3-9-16-13(15)12(14)10-11-7-5-4-6-8-11/h11-12,14H,2-10H2,1H3/t12-/m1/s1. The Balaban J connectivity index is 2.16. The molecule has 0 aromatic heterocycles. The van der Waals surface area contributed by atoms with Crippen molar-refractivity contribution in [1.82, 2.24) is 0 Å². The van der Waals surface area contributed by atoms with Gasteiger partial charge in [-0.3, -0.25) is 0 Å². The Morgan fingerprint density at radius 1 is 1.38 bits per heavy atom. The van der Waals surface area contributed by atoms with Crippen LogP contribution >= 0.6 is 0 Å². The first-order valence-corrected chi connectivity index (χ1v) is 6.58. The van der Waals surface area contributed by atoms with Crippen molar-refractivity contribution in [2.75, 3.05) is 6.61 Å². The molecule has 0 bridgehead atoms. The van der Waals surface area contributed by atoms with E-state index in [4.69, 9.17) is 4.74 Å². The zero-order valence-corrected chi connectivity index (χ0v) is 10.3. The van der Waals surface area contributed by atoms with Crippen molar-refractivity contribution in [3.05, 3.63) is 0 Å². The predicted molar refractivity (Wildman–Crippen MR) is 63.1 cm³/mol. The maximum atomic E-state index is 11.4. The smallest absolute Gasteiger partial charge is 0.334 e. The van der Waals surface area contributed by atoms with Crippen molar-refractivity contribution in [2.24, 2.45) is 5.92 Å². The Hall–Kier alpha value is -0.570. The number of carbonyl (C=O) groups excluding carboxylic acids is 1. The van der Waals surface area contributed by atoms with Gasteiger partial charge in [0.1, 0.15) is 0 Å². The number of aliphatic hydroxyl groups is 1. The van der Waals surface area contributed by atoms with Crippen LogP contribution in [-0.4, -0.2) is 23.8 Å². The lowest BCUT2D eigenvalue weighted by atomic mass is 9.85. The summed E-state index contributed by atoms with van der Waals surface area (Å²) in [6, 6.07) is 0. The van der Waals surface area contributed by atoms with Crippen molar-refractivity contribution in [3.8, 4) is 0 Å². The zero-order valence-electron chi connectivity index (χ0n) is 10.3. The van der Waals surface area contributed by atoms with Crippen LogP contribution in [0.1, 0.15) is 58.3 Å². The lowest BCUT2D eigenvalue weighted by molar-refractivity contribution is -0.154. The highest BCUT2D eigenvalue weighted by atomic mass is 16.5. The number of aliphatic hydroxyl groups excluding tert-OH is 1. The van der Waals surface area contributed by atoms with Gasteiger partial charge in [0, 0.05) is 0 Å². The molecule has 1 saturated carbocycles. The van der Waals surface area contributed by atoms with E-state index in [9.17, 15) is 9.90 Å². The normalized spacial score (nSPS) is 19.4. The largest absolute Gasteiger partial charge is 0.464 e. The number of hydrogen-bond acceptors (Lipinski definition) is 3. The first-order valence-electron chi connectivity index (χ1n) is 6.58. The summed E-state index contributed by atoms with van der Waals surface area (Å²) >= 11 is 0. The quantitative estimate of drug-likeness (QED) is 0.561. The monoisotopic (exact) mass is 228 g/mol. The van der Waals surface area contributed by atoms with Crippen LogP contribution in [0, 0.1) is 5.92 Å². The Labute approximate surface area is 98.2 Å². The summed E-state index contributed by atoms with van der Waals surface area (Å²) in [7, 11) is 0.